The van der Waals surface area contributed by atoms with Crippen LogP contribution in [0.5, 0.6) is 0 Å². The molecule has 0 amide bonds. The van der Waals surface area contributed by atoms with Crippen LogP contribution in [0.3, 0.4) is 0 Å². The lowest BCUT2D eigenvalue weighted by Crippen LogP contribution is -2.12. The molecule has 1 aromatic rings. The Labute approximate surface area is 92.2 Å². The number of rotatable bonds is 2. The van der Waals surface area contributed by atoms with Gasteiger partial charge >= 0.3 is 12.1 Å². The molecule has 0 saturated carbocycles. The number of carbonyl (C=O) groups is 1. The standard InChI is InChI=1S/C9H6F5NO2/c1-17-8(16)6-3-4(9(12,13)14)2-5(15-6)7(10)11/h2-3,7H,1H3. The Balaban J connectivity index is 3.34. The molecule has 0 atom stereocenters. The monoisotopic (exact) mass is 255 g/mol. The summed E-state index contributed by atoms with van der Waals surface area (Å²) in [5.41, 5.74) is -3.30. The smallest absolute Gasteiger partial charge is 0.416 e. The van der Waals surface area contributed by atoms with E-state index in [4.69, 9.17) is 0 Å². The highest BCUT2D eigenvalue weighted by atomic mass is 19.4. The number of hydrogen-bond acceptors (Lipinski definition) is 3. The highest BCUT2D eigenvalue weighted by Gasteiger charge is 2.33. The molecular weight excluding hydrogens is 249 g/mol. The topological polar surface area (TPSA) is 39.2 Å². The van der Waals surface area contributed by atoms with Crippen molar-refractivity contribution in [3.63, 3.8) is 0 Å². The lowest BCUT2D eigenvalue weighted by molar-refractivity contribution is -0.137. The van der Waals surface area contributed by atoms with Gasteiger partial charge in [0.25, 0.3) is 6.43 Å². The average molecular weight is 255 g/mol. The Morgan fingerprint density at radius 1 is 1.35 bits per heavy atom. The first-order valence-electron chi connectivity index (χ1n) is 4.21. The molecule has 0 aromatic carbocycles. The minimum Gasteiger partial charge on any atom is -0.464 e. The zero-order valence-corrected chi connectivity index (χ0v) is 8.39. The van der Waals surface area contributed by atoms with E-state index in [-0.39, 0.29) is 6.07 Å². The van der Waals surface area contributed by atoms with Crippen molar-refractivity contribution in [1.82, 2.24) is 4.98 Å². The summed E-state index contributed by atoms with van der Waals surface area (Å²) in [4.78, 5) is 14.1. The van der Waals surface area contributed by atoms with Crippen LogP contribution in [0.25, 0.3) is 0 Å². The molecule has 8 heteroatoms. The molecule has 1 heterocycles. The summed E-state index contributed by atoms with van der Waals surface area (Å²) >= 11 is 0. The Kier molecular flexibility index (Phi) is 3.64. The van der Waals surface area contributed by atoms with Crippen LogP contribution in [0.2, 0.25) is 0 Å². The summed E-state index contributed by atoms with van der Waals surface area (Å²) in [6.45, 7) is 0. The van der Waals surface area contributed by atoms with E-state index in [2.05, 4.69) is 9.72 Å². The van der Waals surface area contributed by atoms with Gasteiger partial charge in [-0.3, -0.25) is 0 Å². The third kappa shape index (κ3) is 3.11. The van der Waals surface area contributed by atoms with Gasteiger partial charge in [0.2, 0.25) is 0 Å². The Morgan fingerprint density at radius 2 is 1.94 bits per heavy atom. The van der Waals surface area contributed by atoms with Crippen molar-refractivity contribution in [2.75, 3.05) is 7.11 Å². The largest absolute Gasteiger partial charge is 0.464 e. The fourth-order valence-corrected chi connectivity index (χ4v) is 1.04. The molecule has 0 radical (unpaired) electrons. The second-order valence-corrected chi connectivity index (χ2v) is 2.96. The van der Waals surface area contributed by atoms with Crippen LogP contribution in [-0.4, -0.2) is 18.1 Å². The van der Waals surface area contributed by atoms with Crippen molar-refractivity contribution in [2.24, 2.45) is 0 Å². The molecule has 0 aliphatic rings. The molecule has 0 fully saturated rings. The molecule has 0 aliphatic carbocycles. The second-order valence-electron chi connectivity index (χ2n) is 2.96. The summed E-state index contributed by atoms with van der Waals surface area (Å²) in [5.74, 6) is -1.21. The molecule has 3 nitrogen and oxygen atoms in total. The second kappa shape index (κ2) is 4.64. The molecular formula is C9H6F5NO2. The van der Waals surface area contributed by atoms with Crippen LogP contribution >= 0.6 is 0 Å². The van der Waals surface area contributed by atoms with Gasteiger partial charge in [0.05, 0.1) is 12.7 Å². The average Bonchev–Trinajstić information content (AvgIpc) is 2.26. The van der Waals surface area contributed by atoms with E-state index in [1.165, 1.54) is 0 Å². The maximum atomic E-state index is 12.4. The summed E-state index contributed by atoms with van der Waals surface area (Å²) in [6, 6.07) is 0.550. The summed E-state index contributed by atoms with van der Waals surface area (Å²) in [6.07, 6.45) is -8.05. The number of esters is 1. The van der Waals surface area contributed by atoms with Crippen molar-refractivity contribution >= 4 is 5.97 Å². The van der Waals surface area contributed by atoms with E-state index in [0.29, 0.717) is 6.07 Å². The number of aromatic nitrogens is 1. The Morgan fingerprint density at radius 3 is 2.35 bits per heavy atom. The summed E-state index contributed by atoms with van der Waals surface area (Å²) in [5, 5.41) is 0. The third-order valence-corrected chi connectivity index (χ3v) is 1.79. The van der Waals surface area contributed by atoms with Gasteiger partial charge < -0.3 is 4.74 Å². The number of carbonyl (C=O) groups excluding carboxylic acids is 1. The molecule has 94 valence electrons. The molecule has 1 aromatic heterocycles. The van der Waals surface area contributed by atoms with Crippen LogP contribution in [0.4, 0.5) is 22.0 Å². The number of nitrogens with zero attached hydrogens (tertiary/aromatic N) is 1. The van der Waals surface area contributed by atoms with E-state index in [9.17, 15) is 26.7 Å². The number of pyridine rings is 1. The van der Waals surface area contributed by atoms with Gasteiger partial charge in [0.15, 0.2) is 0 Å². The number of halogens is 5. The highest BCUT2D eigenvalue weighted by molar-refractivity contribution is 5.87. The fourth-order valence-electron chi connectivity index (χ4n) is 1.04. The minimum absolute atomic E-state index is 0.192. The summed E-state index contributed by atoms with van der Waals surface area (Å²) in [7, 11) is 0.909. The van der Waals surface area contributed by atoms with E-state index in [1.54, 1.807) is 0 Å². The Bertz CT molecular complexity index is 430. The zero-order chi connectivity index (χ0) is 13.2. The highest BCUT2D eigenvalue weighted by Crippen LogP contribution is 2.31. The molecule has 1 rings (SSSR count). The van der Waals surface area contributed by atoms with Crippen molar-refractivity contribution in [1.29, 1.82) is 0 Å². The first-order chi connectivity index (χ1) is 7.75. The molecule has 17 heavy (non-hydrogen) atoms. The molecule has 0 saturated heterocycles. The van der Waals surface area contributed by atoms with E-state index in [0.717, 1.165) is 7.11 Å². The van der Waals surface area contributed by atoms with Gasteiger partial charge in [-0.05, 0) is 12.1 Å². The lowest BCUT2D eigenvalue weighted by Gasteiger charge is -2.10. The molecule has 0 aliphatic heterocycles. The van der Waals surface area contributed by atoms with E-state index >= 15 is 0 Å². The zero-order valence-electron chi connectivity index (χ0n) is 8.39. The molecule has 0 N–H and O–H groups in total. The van der Waals surface area contributed by atoms with Gasteiger partial charge in [-0.1, -0.05) is 0 Å². The minimum atomic E-state index is -4.84. The molecule has 0 unspecified atom stereocenters. The third-order valence-electron chi connectivity index (χ3n) is 1.79. The van der Waals surface area contributed by atoms with E-state index in [1.807, 2.05) is 0 Å². The predicted octanol–water partition coefficient (Wildman–Crippen LogP) is 2.82. The number of ether oxygens (including phenoxy) is 1. The van der Waals surface area contributed by atoms with Gasteiger partial charge in [0, 0.05) is 0 Å². The van der Waals surface area contributed by atoms with Crippen LogP contribution < -0.4 is 0 Å². The van der Waals surface area contributed by atoms with Gasteiger partial charge in [-0.15, -0.1) is 0 Å². The van der Waals surface area contributed by atoms with Gasteiger partial charge in [-0.2, -0.15) is 13.2 Å². The normalized spacial score (nSPS) is 11.7. The first kappa shape index (κ1) is 13.3. The van der Waals surface area contributed by atoms with Crippen LogP contribution in [-0.2, 0) is 10.9 Å². The number of methoxy groups -OCH3 is 1. The van der Waals surface area contributed by atoms with Crippen LogP contribution in [0.15, 0.2) is 12.1 Å². The Hall–Kier alpha value is -1.73. The van der Waals surface area contributed by atoms with Crippen LogP contribution in [0.1, 0.15) is 28.2 Å². The van der Waals surface area contributed by atoms with Crippen molar-refractivity contribution in [3.05, 3.63) is 29.1 Å². The van der Waals surface area contributed by atoms with Gasteiger partial charge in [0.1, 0.15) is 11.4 Å². The SMILES string of the molecule is COC(=O)c1cc(C(F)(F)F)cc(C(F)F)n1. The first-order valence-corrected chi connectivity index (χ1v) is 4.21. The maximum Gasteiger partial charge on any atom is 0.416 e. The quantitative estimate of drug-likeness (QED) is 0.602. The van der Waals surface area contributed by atoms with Crippen LogP contribution in [0, 0.1) is 0 Å². The number of hydrogen-bond donors (Lipinski definition) is 0. The van der Waals surface area contributed by atoms with Crippen molar-refractivity contribution in [2.45, 2.75) is 12.6 Å². The van der Waals surface area contributed by atoms with Gasteiger partial charge in [-0.25, -0.2) is 18.6 Å². The molecule has 0 bridgehead atoms. The van der Waals surface area contributed by atoms with E-state index < -0.39 is 35.5 Å². The van der Waals surface area contributed by atoms with Crippen molar-refractivity contribution < 1.29 is 31.5 Å². The summed E-state index contributed by atoms with van der Waals surface area (Å²) < 4.78 is 65.8. The fraction of sp³-hybridized carbons (Fsp3) is 0.333. The van der Waals surface area contributed by atoms with Crippen molar-refractivity contribution in [3.8, 4) is 0 Å². The predicted molar refractivity (Wildman–Crippen MR) is 45.5 cm³/mol. The maximum absolute atomic E-state index is 12.4. The number of alkyl halides is 5. The molecule has 0 spiro atoms. The lowest BCUT2D eigenvalue weighted by atomic mass is 10.2.